The molecule has 0 aromatic heterocycles. The molecule has 0 bridgehead atoms. The Bertz CT molecular complexity index is 373. The highest BCUT2D eigenvalue weighted by Gasteiger charge is 2.19. The van der Waals surface area contributed by atoms with Gasteiger partial charge in [0, 0.05) is 0 Å². The second-order valence-corrected chi connectivity index (χ2v) is 5.54. The maximum atomic E-state index is 6.03. The molecular weight excluding hydrogens is 250 g/mol. The molecule has 0 heterocycles. The minimum Gasteiger partial charge on any atom is -0.494 e. The third kappa shape index (κ3) is 5.51. The summed E-state index contributed by atoms with van der Waals surface area (Å²) >= 11 is 0. The Kier molecular flexibility index (Phi) is 7.03. The van der Waals surface area contributed by atoms with Crippen molar-refractivity contribution in [3.05, 3.63) is 29.8 Å². The predicted molar refractivity (Wildman–Crippen MR) is 84.4 cm³/mol. The number of likely N-dealkylation sites (N-methyl/N-ethyl adjacent to an activating group) is 1. The zero-order valence-electron chi connectivity index (χ0n) is 13.5. The summed E-state index contributed by atoms with van der Waals surface area (Å²) in [7, 11) is 0. The summed E-state index contributed by atoms with van der Waals surface area (Å²) in [6.45, 7) is 12.8. The summed E-state index contributed by atoms with van der Waals surface area (Å²) in [6, 6.07) is 8.49. The van der Waals surface area contributed by atoms with Crippen molar-refractivity contribution in [1.29, 1.82) is 0 Å². The van der Waals surface area contributed by atoms with Crippen molar-refractivity contribution >= 4 is 0 Å². The fourth-order valence-corrected chi connectivity index (χ4v) is 1.89. The number of nitrogens with one attached hydrogen (secondary N) is 1. The minimum atomic E-state index is -0.0705. The van der Waals surface area contributed by atoms with Gasteiger partial charge in [-0.05, 0) is 51.4 Å². The molecule has 1 N–H and O–H groups in total. The zero-order chi connectivity index (χ0) is 15.0. The van der Waals surface area contributed by atoms with E-state index in [1.54, 1.807) is 0 Å². The van der Waals surface area contributed by atoms with Crippen LogP contribution in [0.1, 0.15) is 52.6 Å². The van der Waals surface area contributed by atoms with E-state index in [2.05, 4.69) is 45.1 Å². The second kappa shape index (κ2) is 8.28. The van der Waals surface area contributed by atoms with Gasteiger partial charge in [-0.1, -0.05) is 26.0 Å². The topological polar surface area (TPSA) is 30.5 Å². The smallest absolute Gasteiger partial charge is 0.119 e. The lowest BCUT2D eigenvalue weighted by Gasteiger charge is -2.27. The van der Waals surface area contributed by atoms with Crippen LogP contribution in [0.5, 0.6) is 5.75 Å². The van der Waals surface area contributed by atoms with Crippen LogP contribution in [0.3, 0.4) is 0 Å². The maximum Gasteiger partial charge on any atom is 0.119 e. The molecule has 0 aliphatic heterocycles. The molecule has 3 nitrogen and oxygen atoms in total. The van der Waals surface area contributed by atoms with Gasteiger partial charge in [0.15, 0.2) is 0 Å². The first-order valence-electron chi connectivity index (χ1n) is 7.62. The molecule has 0 fully saturated rings. The summed E-state index contributed by atoms with van der Waals surface area (Å²) in [5.41, 5.74) is 1.17. The van der Waals surface area contributed by atoms with Crippen LogP contribution in [0.4, 0.5) is 0 Å². The molecule has 20 heavy (non-hydrogen) atoms. The fourth-order valence-electron chi connectivity index (χ4n) is 1.89. The van der Waals surface area contributed by atoms with Crippen LogP contribution in [0.15, 0.2) is 24.3 Å². The van der Waals surface area contributed by atoms with Crippen molar-refractivity contribution in [3.8, 4) is 5.75 Å². The number of rotatable bonds is 9. The van der Waals surface area contributed by atoms with Crippen molar-refractivity contribution in [2.24, 2.45) is 0 Å². The van der Waals surface area contributed by atoms with Crippen molar-refractivity contribution < 1.29 is 9.47 Å². The van der Waals surface area contributed by atoms with E-state index >= 15 is 0 Å². The second-order valence-electron chi connectivity index (χ2n) is 5.54. The molecule has 0 spiro atoms. The monoisotopic (exact) mass is 279 g/mol. The SMILES string of the molecule is CCNC(COC(C)(C)CC)c1ccc(OCC)cc1. The highest BCUT2D eigenvalue weighted by molar-refractivity contribution is 5.29. The molecule has 1 unspecified atom stereocenters. The van der Waals surface area contributed by atoms with Crippen molar-refractivity contribution in [3.63, 3.8) is 0 Å². The normalized spacial score (nSPS) is 13.2. The van der Waals surface area contributed by atoms with E-state index in [-0.39, 0.29) is 11.6 Å². The molecule has 1 rings (SSSR count). The molecule has 1 aromatic carbocycles. The first-order valence-corrected chi connectivity index (χ1v) is 7.62. The van der Waals surface area contributed by atoms with E-state index in [0.29, 0.717) is 13.2 Å². The van der Waals surface area contributed by atoms with Crippen LogP contribution in [0, 0.1) is 0 Å². The molecule has 3 heteroatoms. The number of benzene rings is 1. The molecule has 0 saturated carbocycles. The van der Waals surface area contributed by atoms with E-state index in [1.807, 2.05) is 19.1 Å². The average Bonchev–Trinajstić information content (AvgIpc) is 2.45. The molecule has 0 aliphatic carbocycles. The molecule has 1 aromatic rings. The molecular formula is C17H29NO2. The van der Waals surface area contributed by atoms with Crippen LogP contribution in [0.2, 0.25) is 0 Å². The molecule has 0 amide bonds. The Morgan fingerprint density at radius 2 is 1.75 bits per heavy atom. The summed E-state index contributed by atoms with van der Waals surface area (Å²) in [6.07, 6.45) is 1.01. The van der Waals surface area contributed by atoms with Crippen molar-refractivity contribution in [2.45, 2.75) is 52.7 Å². The van der Waals surface area contributed by atoms with Gasteiger partial charge >= 0.3 is 0 Å². The largest absolute Gasteiger partial charge is 0.494 e. The first-order chi connectivity index (χ1) is 9.52. The molecule has 1 atom stereocenters. The van der Waals surface area contributed by atoms with Gasteiger partial charge in [-0.2, -0.15) is 0 Å². The van der Waals surface area contributed by atoms with E-state index in [0.717, 1.165) is 18.7 Å². The Balaban J connectivity index is 2.69. The minimum absolute atomic E-state index is 0.0705. The Hall–Kier alpha value is -1.06. The van der Waals surface area contributed by atoms with E-state index in [9.17, 15) is 0 Å². The maximum absolute atomic E-state index is 6.03. The van der Waals surface area contributed by atoms with E-state index < -0.39 is 0 Å². The van der Waals surface area contributed by atoms with Gasteiger partial charge in [-0.3, -0.25) is 0 Å². The highest BCUT2D eigenvalue weighted by Crippen LogP contribution is 2.21. The van der Waals surface area contributed by atoms with Crippen LogP contribution in [-0.2, 0) is 4.74 Å². The van der Waals surface area contributed by atoms with Gasteiger partial charge in [0.05, 0.1) is 24.9 Å². The van der Waals surface area contributed by atoms with Gasteiger partial charge in [-0.15, -0.1) is 0 Å². The van der Waals surface area contributed by atoms with Crippen molar-refractivity contribution in [2.75, 3.05) is 19.8 Å². The predicted octanol–water partition coefficient (Wildman–Crippen LogP) is 3.94. The summed E-state index contributed by atoms with van der Waals surface area (Å²) < 4.78 is 11.5. The van der Waals surface area contributed by atoms with Crippen molar-refractivity contribution in [1.82, 2.24) is 5.32 Å². The molecule has 0 saturated heterocycles. The lowest BCUT2D eigenvalue weighted by Crippen LogP contribution is -2.31. The number of hydrogen-bond acceptors (Lipinski definition) is 3. The lowest BCUT2D eigenvalue weighted by atomic mass is 10.0. The summed E-state index contributed by atoms with van der Waals surface area (Å²) in [5, 5.41) is 3.48. The van der Waals surface area contributed by atoms with Crippen LogP contribution >= 0.6 is 0 Å². The Morgan fingerprint density at radius 1 is 1.10 bits per heavy atom. The van der Waals surface area contributed by atoms with Gasteiger partial charge in [0.2, 0.25) is 0 Å². The highest BCUT2D eigenvalue weighted by atomic mass is 16.5. The molecule has 0 aliphatic rings. The third-order valence-electron chi connectivity index (χ3n) is 3.54. The number of ether oxygens (including phenoxy) is 2. The van der Waals surface area contributed by atoms with Gasteiger partial charge in [0.25, 0.3) is 0 Å². The fraction of sp³-hybridized carbons (Fsp3) is 0.647. The van der Waals surface area contributed by atoms with Crippen LogP contribution in [0.25, 0.3) is 0 Å². The van der Waals surface area contributed by atoms with Gasteiger partial charge in [0.1, 0.15) is 5.75 Å². The molecule has 114 valence electrons. The lowest BCUT2D eigenvalue weighted by molar-refractivity contribution is -0.0306. The third-order valence-corrected chi connectivity index (χ3v) is 3.54. The summed E-state index contributed by atoms with van der Waals surface area (Å²) in [5.74, 6) is 0.918. The van der Waals surface area contributed by atoms with Gasteiger partial charge in [-0.25, -0.2) is 0 Å². The van der Waals surface area contributed by atoms with E-state index in [4.69, 9.17) is 9.47 Å². The zero-order valence-corrected chi connectivity index (χ0v) is 13.5. The Labute approximate surface area is 123 Å². The van der Waals surface area contributed by atoms with Crippen LogP contribution < -0.4 is 10.1 Å². The van der Waals surface area contributed by atoms with Gasteiger partial charge < -0.3 is 14.8 Å². The average molecular weight is 279 g/mol. The quantitative estimate of drug-likeness (QED) is 0.742. The van der Waals surface area contributed by atoms with E-state index in [1.165, 1.54) is 5.56 Å². The standard InChI is InChI=1S/C17H29NO2/c1-6-17(4,5)20-13-16(18-7-2)14-9-11-15(12-10-14)19-8-3/h9-12,16,18H,6-8,13H2,1-5H3. The first kappa shape index (κ1) is 17.0. The summed E-state index contributed by atoms with van der Waals surface area (Å²) in [4.78, 5) is 0. The van der Waals surface area contributed by atoms with Crippen LogP contribution in [-0.4, -0.2) is 25.4 Å². The molecule has 0 radical (unpaired) electrons. The number of hydrogen-bond donors (Lipinski definition) is 1. The Morgan fingerprint density at radius 3 is 2.25 bits per heavy atom.